The molecule has 0 bridgehead atoms. The lowest BCUT2D eigenvalue weighted by atomic mass is 10.3. The zero-order chi connectivity index (χ0) is 17.8. The monoisotopic (exact) mass is 347 g/mol. The largest absolute Gasteiger partial charge is 0.455 e. The minimum Gasteiger partial charge on any atom is -0.455 e. The fraction of sp³-hybridized carbons (Fsp3) is 0.529. The molecule has 1 atom stereocenters. The van der Waals surface area contributed by atoms with Gasteiger partial charge in [-0.25, -0.2) is 4.98 Å². The maximum atomic E-state index is 11.9. The number of carbonyl (C=O) groups excluding carboxylic acids is 1. The van der Waals surface area contributed by atoms with E-state index in [-0.39, 0.29) is 5.91 Å². The number of rotatable bonds is 5. The first-order valence-corrected chi connectivity index (χ1v) is 8.42. The molecule has 8 heteroatoms. The topological polar surface area (TPSA) is 88.8 Å². The van der Waals surface area contributed by atoms with Crippen molar-refractivity contribution in [1.29, 1.82) is 0 Å². The van der Waals surface area contributed by atoms with Crippen LogP contribution in [0, 0.1) is 0 Å². The van der Waals surface area contributed by atoms with Gasteiger partial charge >= 0.3 is 0 Å². The number of hydrogen-bond acceptors (Lipinski definition) is 6. The van der Waals surface area contributed by atoms with Crippen molar-refractivity contribution in [3.8, 4) is 0 Å². The molecule has 3 rings (SSSR count). The van der Waals surface area contributed by atoms with E-state index >= 15 is 0 Å². The fourth-order valence-electron chi connectivity index (χ4n) is 3.02. The Bertz CT molecular complexity index is 682. The minimum absolute atomic E-state index is 0.147. The fourth-order valence-corrected chi connectivity index (χ4v) is 3.02. The molecule has 1 saturated heterocycles. The van der Waals surface area contributed by atoms with Crippen LogP contribution < -0.4 is 0 Å². The number of furan rings is 1. The van der Waals surface area contributed by atoms with Crippen molar-refractivity contribution in [3.63, 3.8) is 0 Å². The molecule has 8 nitrogen and oxygen atoms in total. The van der Waals surface area contributed by atoms with Gasteiger partial charge in [0.15, 0.2) is 5.76 Å². The highest BCUT2D eigenvalue weighted by atomic mass is 16.4. The highest BCUT2D eigenvalue weighted by Gasteiger charge is 2.23. The van der Waals surface area contributed by atoms with Crippen LogP contribution in [0.1, 0.15) is 22.1 Å². The second-order valence-corrected chi connectivity index (χ2v) is 6.63. The normalized spacial score (nSPS) is 19.7. The Morgan fingerprint density at radius 3 is 2.68 bits per heavy atom. The third-order valence-electron chi connectivity index (χ3n) is 4.26. The van der Waals surface area contributed by atoms with Gasteiger partial charge in [-0.1, -0.05) is 0 Å². The van der Waals surface area contributed by atoms with E-state index in [0.29, 0.717) is 31.9 Å². The first-order chi connectivity index (χ1) is 12.0. The van der Waals surface area contributed by atoms with Crippen molar-refractivity contribution in [1.82, 2.24) is 24.7 Å². The molecular weight excluding hydrogens is 322 g/mol. The van der Waals surface area contributed by atoms with Crippen molar-refractivity contribution in [2.24, 2.45) is 0 Å². The maximum absolute atomic E-state index is 11.9. The average Bonchev–Trinajstić information content (AvgIpc) is 3.19. The van der Waals surface area contributed by atoms with Gasteiger partial charge < -0.3 is 19.4 Å². The van der Waals surface area contributed by atoms with Crippen LogP contribution in [0.15, 0.2) is 28.9 Å². The molecule has 1 amide bonds. The SMILES string of the molecule is CN(C)C(=O)c1ccc(CN2CCN(Cc3ncc[nH]3)C[C@@H](O)C2)o1. The summed E-state index contributed by atoms with van der Waals surface area (Å²) in [7, 11) is 3.40. The standard InChI is InChI=1S/C17H25N5O3/c1-20(2)17(24)15-4-3-14(25-15)11-21-7-8-22(10-13(23)9-21)12-16-18-5-6-19-16/h3-6,13,23H,7-12H2,1-2H3,(H,18,19)/t13-/m0/s1. The molecule has 2 aromatic rings. The van der Waals surface area contributed by atoms with Gasteiger partial charge in [-0.15, -0.1) is 0 Å². The number of aliphatic hydroxyl groups is 1. The first kappa shape index (κ1) is 17.7. The Kier molecular flexibility index (Phi) is 5.52. The number of H-pyrrole nitrogens is 1. The lowest BCUT2D eigenvalue weighted by Crippen LogP contribution is -2.33. The summed E-state index contributed by atoms with van der Waals surface area (Å²) in [5.74, 6) is 1.83. The summed E-state index contributed by atoms with van der Waals surface area (Å²) >= 11 is 0. The lowest BCUT2D eigenvalue weighted by molar-refractivity contribution is 0.0789. The quantitative estimate of drug-likeness (QED) is 0.813. The predicted molar refractivity (Wildman–Crippen MR) is 91.9 cm³/mol. The molecule has 1 aliphatic heterocycles. The number of aromatic amines is 1. The van der Waals surface area contributed by atoms with E-state index in [1.54, 1.807) is 32.6 Å². The highest BCUT2D eigenvalue weighted by molar-refractivity contribution is 5.91. The second-order valence-electron chi connectivity index (χ2n) is 6.63. The van der Waals surface area contributed by atoms with Gasteiger partial charge in [0, 0.05) is 52.7 Å². The highest BCUT2D eigenvalue weighted by Crippen LogP contribution is 2.14. The maximum Gasteiger partial charge on any atom is 0.289 e. The van der Waals surface area contributed by atoms with Crippen LogP contribution >= 0.6 is 0 Å². The van der Waals surface area contributed by atoms with E-state index in [4.69, 9.17) is 4.42 Å². The Hall–Kier alpha value is -2.16. The molecule has 1 aliphatic rings. The molecule has 2 aromatic heterocycles. The number of hydrogen-bond donors (Lipinski definition) is 2. The third kappa shape index (κ3) is 4.68. The van der Waals surface area contributed by atoms with Crippen LogP contribution in [-0.4, -0.2) is 82.1 Å². The van der Waals surface area contributed by atoms with Crippen LogP contribution in [0.4, 0.5) is 0 Å². The summed E-state index contributed by atoms with van der Waals surface area (Å²) in [6, 6.07) is 3.53. The summed E-state index contributed by atoms with van der Waals surface area (Å²) in [6.07, 6.45) is 3.11. The van der Waals surface area contributed by atoms with Crippen molar-refractivity contribution < 1.29 is 14.3 Å². The number of carbonyl (C=O) groups is 1. The summed E-state index contributed by atoms with van der Waals surface area (Å²) in [5.41, 5.74) is 0. The van der Waals surface area contributed by atoms with Gasteiger partial charge in [0.25, 0.3) is 5.91 Å². The van der Waals surface area contributed by atoms with Crippen LogP contribution in [0.5, 0.6) is 0 Å². The van der Waals surface area contributed by atoms with E-state index in [9.17, 15) is 9.90 Å². The number of nitrogens with zero attached hydrogens (tertiary/aromatic N) is 4. The van der Waals surface area contributed by atoms with Crippen LogP contribution in [0.2, 0.25) is 0 Å². The van der Waals surface area contributed by atoms with Gasteiger partial charge in [-0.3, -0.25) is 14.6 Å². The smallest absolute Gasteiger partial charge is 0.289 e. The van der Waals surface area contributed by atoms with E-state index in [1.807, 2.05) is 6.07 Å². The van der Waals surface area contributed by atoms with Gasteiger partial charge in [0.1, 0.15) is 11.6 Å². The molecule has 136 valence electrons. The zero-order valence-electron chi connectivity index (χ0n) is 14.7. The Morgan fingerprint density at radius 2 is 2.04 bits per heavy atom. The molecule has 0 radical (unpaired) electrons. The molecule has 0 unspecified atom stereocenters. The number of aliphatic hydroxyl groups excluding tert-OH is 1. The van der Waals surface area contributed by atoms with Crippen molar-refractivity contribution in [3.05, 3.63) is 41.9 Å². The second kappa shape index (κ2) is 7.81. The van der Waals surface area contributed by atoms with Crippen LogP contribution in [0.3, 0.4) is 0 Å². The molecule has 3 heterocycles. The molecule has 0 aromatic carbocycles. The lowest BCUT2D eigenvalue weighted by Gasteiger charge is -2.20. The molecule has 25 heavy (non-hydrogen) atoms. The van der Waals surface area contributed by atoms with Crippen molar-refractivity contribution >= 4 is 5.91 Å². The predicted octanol–water partition coefficient (Wildman–Crippen LogP) is 0.383. The molecule has 1 fully saturated rings. The molecule has 0 aliphatic carbocycles. The van der Waals surface area contributed by atoms with E-state index < -0.39 is 6.10 Å². The van der Waals surface area contributed by atoms with Crippen LogP contribution in [-0.2, 0) is 13.1 Å². The zero-order valence-corrected chi connectivity index (χ0v) is 14.7. The average molecular weight is 347 g/mol. The van der Waals surface area contributed by atoms with E-state index in [1.165, 1.54) is 4.90 Å². The summed E-state index contributed by atoms with van der Waals surface area (Å²) in [5, 5.41) is 10.3. The first-order valence-electron chi connectivity index (χ1n) is 8.42. The van der Waals surface area contributed by atoms with Gasteiger partial charge in [-0.2, -0.15) is 0 Å². The molecular formula is C17H25N5O3. The number of amides is 1. The number of β-amino-alcohol motifs (C(OH)–C–C–N with tert-alkyl or cyclic N) is 1. The Balaban J connectivity index is 1.57. The Labute approximate surface area is 147 Å². The van der Waals surface area contributed by atoms with Crippen molar-refractivity contribution in [2.75, 3.05) is 40.3 Å². The number of nitrogens with one attached hydrogen (secondary N) is 1. The number of aromatic nitrogens is 2. The summed E-state index contributed by atoms with van der Waals surface area (Å²) in [6.45, 7) is 4.11. The van der Waals surface area contributed by atoms with Crippen molar-refractivity contribution in [2.45, 2.75) is 19.2 Å². The molecule has 2 N–H and O–H groups in total. The van der Waals surface area contributed by atoms with Crippen LogP contribution in [0.25, 0.3) is 0 Å². The molecule has 0 spiro atoms. The van der Waals surface area contributed by atoms with Gasteiger partial charge in [0.2, 0.25) is 0 Å². The van der Waals surface area contributed by atoms with E-state index in [0.717, 1.165) is 24.7 Å². The summed E-state index contributed by atoms with van der Waals surface area (Å²) < 4.78 is 5.65. The third-order valence-corrected chi connectivity index (χ3v) is 4.26. The Morgan fingerprint density at radius 1 is 1.32 bits per heavy atom. The van der Waals surface area contributed by atoms with E-state index in [2.05, 4.69) is 19.8 Å². The molecule has 0 saturated carbocycles. The van der Waals surface area contributed by atoms with Gasteiger partial charge in [-0.05, 0) is 12.1 Å². The number of imidazole rings is 1. The summed E-state index contributed by atoms with van der Waals surface area (Å²) in [4.78, 5) is 25.1. The van der Waals surface area contributed by atoms with Gasteiger partial charge in [0.05, 0.1) is 19.2 Å². The minimum atomic E-state index is -0.435.